The molecule has 0 aromatic heterocycles. The molecule has 0 saturated heterocycles. The second-order valence-electron chi connectivity index (χ2n) is 5.53. The van der Waals surface area contributed by atoms with Crippen LogP contribution in [0.4, 0.5) is 5.69 Å². The molecule has 2 aromatic rings. The molecule has 5 nitrogen and oxygen atoms in total. The Morgan fingerprint density at radius 3 is 2.38 bits per heavy atom. The van der Waals surface area contributed by atoms with Gasteiger partial charge in [-0.25, -0.2) is 0 Å². The van der Waals surface area contributed by atoms with E-state index < -0.39 is 0 Å². The molecule has 5 heteroatoms. The molecule has 0 saturated carbocycles. The highest BCUT2D eigenvalue weighted by Gasteiger charge is 2.20. The van der Waals surface area contributed by atoms with Gasteiger partial charge in [0.15, 0.2) is 17.3 Å². The van der Waals surface area contributed by atoms with Gasteiger partial charge in [-0.2, -0.15) is 0 Å². The molecule has 0 spiro atoms. The van der Waals surface area contributed by atoms with Gasteiger partial charge in [0.1, 0.15) is 13.2 Å². The Kier molecular flexibility index (Phi) is 4.79. The van der Waals surface area contributed by atoms with Gasteiger partial charge in [0.2, 0.25) is 5.91 Å². The lowest BCUT2D eigenvalue weighted by Gasteiger charge is -2.21. The lowest BCUT2D eigenvalue weighted by atomic mass is 10.0. The third-order valence-electron chi connectivity index (χ3n) is 3.79. The Labute approximate surface area is 140 Å². The van der Waals surface area contributed by atoms with Crippen LogP contribution in [0.25, 0.3) is 0 Å². The molecule has 1 amide bonds. The Hall–Kier alpha value is -2.82. The number of carbonyl (C=O) groups excluding carboxylic acids is 2. The quantitative estimate of drug-likeness (QED) is 0.857. The van der Waals surface area contributed by atoms with E-state index in [2.05, 4.69) is 5.32 Å². The molecule has 0 atom stereocenters. The van der Waals surface area contributed by atoms with Crippen LogP contribution in [-0.2, 0) is 11.2 Å². The molecule has 1 aliphatic heterocycles. The fourth-order valence-electron chi connectivity index (χ4n) is 2.59. The summed E-state index contributed by atoms with van der Waals surface area (Å²) in [6.07, 6.45) is 0.593. The monoisotopic (exact) mass is 325 g/mol. The maximum Gasteiger partial charge on any atom is 0.228 e. The number of carbonyl (C=O) groups is 2. The van der Waals surface area contributed by atoms with E-state index in [0.717, 1.165) is 5.56 Å². The highest BCUT2D eigenvalue weighted by molar-refractivity contribution is 6.05. The minimum Gasteiger partial charge on any atom is -0.486 e. The number of Topliss-reactive ketones (excluding diaryl/α,β-unsaturated/α-hetero) is 1. The van der Waals surface area contributed by atoms with E-state index in [9.17, 15) is 9.59 Å². The van der Waals surface area contributed by atoms with Crippen molar-refractivity contribution in [3.05, 3.63) is 53.6 Å². The van der Waals surface area contributed by atoms with Crippen molar-refractivity contribution < 1.29 is 19.1 Å². The smallest absolute Gasteiger partial charge is 0.228 e. The summed E-state index contributed by atoms with van der Waals surface area (Å²) < 4.78 is 11.1. The third kappa shape index (κ3) is 3.56. The summed E-state index contributed by atoms with van der Waals surface area (Å²) in [7, 11) is 0. The number of fused-ring (bicyclic) bond motifs is 1. The first-order valence-electron chi connectivity index (χ1n) is 7.98. The number of nitrogens with one attached hydrogen (secondary N) is 1. The zero-order valence-electron chi connectivity index (χ0n) is 13.5. The van der Waals surface area contributed by atoms with E-state index in [1.807, 2.05) is 30.3 Å². The van der Waals surface area contributed by atoms with Crippen LogP contribution >= 0.6 is 0 Å². The van der Waals surface area contributed by atoms with Crippen molar-refractivity contribution in [1.29, 1.82) is 0 Å². The number of ether oxygens (including phenoxy) is 2. The molecule has 0 radical (unpaired) electrons. The summed E-state index contributed by atoms with van der Waals surface area (Å²) in [6.45, 7) is 2.69. The van der Waals surface area contributed by atoms with Crippen LogP contribution in [0.3, 0.4) is 0 Å². The third-order valence-corrected chi connectivity index (χ3v) is 3.79. The molecule has 24 heavy (non-hydrogen) atoms. The summed E-state index contributed by atoms with van der Waals surface area (Å²) in [5, 5.41) is 2.83. The van der Waals surface area contributed by atoms with Crippen molar-refractivity contribution in [3.8, 4) is 11.5 Å². The Balaban J connectivity index is 1.85. The van der Waals surface area contributed by atoms with Crippen molar-refractivity contribution in [3.63, 3.8) is 0 Å². The van der Waals surface area contributed by atoms with Gasteiger partial charge < -0.3 is 14.8 Å². The Morgan fingerprint density at radius 1 is 1.04 bits per heavy atom. The number of amides is 1. The SMILES string of the molecule is CCC(=O)c1cc2c(cc1NC(=O)Cc1ccccc1)OCCO2. The van der Waals surface area contributed by atoms with E-state index >= 15 is 0 Å². The van der Waals surface area contributed by atoms with E-state index in [0.29, 0.717) is 42.4 Å². The standard InChI is InChI=1S/C19H19NO4/c1-2-16(21)14-11-17-18(24-9-8-23-17)12-15(14)20-19(22)10-13-6-4-3-5-7-13/h3-7,11-12H,2,8-10H2,1H3,(H,20,22). The number of rotatable bonds is 5. The first-order chi connectivity index (χ1) is 11.7. The minimum absolute atomic E-state index is 0.0537. The molecule has 2 aromatic carbocycles. The van der Waals surface area contributed by atoms with E-state index in [1.165, 1.54) is 0 Å². The predicted octanol–water partition coefficient (Wildman–Crippen LogP) is 3.23. The van der Waals surface area contributed by atoms with Crippen molar-refractivity contribution in [2.24, 2.45) is 0 Å². The van der Waals surface area contributed by atoms with Crippen LogP contribution in [0.1, 0.15) is 29.3 Å². The highest BCUT2D eigenvalue weighted by Crippen LogP contribution is 2.36. The average molecular weight is 325 g/mol. The van der Waals surface area contributed by atoms with Crippen molar-refractivity contribution in [1.82, 2.24) is 0 Å². The van der Waals surface area contributed by atoms with Gasteiger partial charge in [-0.3, -0.25) is 9.59 Å². The van der Waals surface area contributed by atoms with E-state index in [-0.39, 0.29) is 18.1 Å². The summed E-state index contributed by atoms with van der Waals surface area (Å²) in [5.74, 6) is 0.855. The number of benzene rings is 2. The first kappa shape index (κ1) is 16.1. The Bertz CT molecular complexity index is 755. The topological polar surface area (TPSA) is 64.6 Å². The van der Waals surface area contributed by atoms with Crippen LogP contribution in [0.5, 0.6) is 11.5 Å². The summed E-state index contributed by atoms with van der Waals surface area (Å²) in [6, 6.07) is 12.8. The van der Waals surface area contributed by atoms with Crippen molar-refractivity contribution >= 4 is 17.4 Å². The predicted molar refractivity (Wildman–Crippen MR) is 90.8 cm³/mol. The highest BCUT2D eigenvalue weighted by atomic mass is 16.6. The van der Waals surface area contributed by atoms with Crippen LogP contribution in [0, 0.1) is 0 Å². The summed E-state index contributed by atoms with van der Waals surface area (Å²) in [5.41, 5.74) is 1.83. The largest absolute Gasteiger partial charge is 0.486 e. The second kappa shape index (κ2) is 7.17. The van der Waals surface area contributed by atoms with Crippen molar-refractivity contribution in [2.75, 3.05) is 18.5 Å². The first-order valence-corrected chi connectivity index (χ1v) is 7.98. The molecule has 0 bridgehead atoms. The number of ketones is 1. The molecule has 1 N–H and O–H groups in total. The Morgan fingerprint density at radius 2 is 1.71 bits per heavy atom. The average Bonchev–Trinajstić information content (AvgIpc) is 2.61. The van der Waals surface area contributed by atoms with Gasteiger partial charge in [-0.1, -0.05) is 37.3 Å². The lowest BCUT2D eigenvalue weighted by molar-refractivity contribution is -0.115. The maximum absolute atomic E-state index is 12.3. The van der Waals surface area contributed by atoms with Gasteiger partial charge in [0.05, 0.1) is 12.1 Å². The van der Waals surface area contributed by atoms with Gasteiger partial charge >= 0.3 is 0 Å². The molecule has 1 heterocycles. The number of anilines is 1. The van der Waals surface area contributed by atoms with Crippen LogP contribution in [0.15, 0.2) is 42.5 Å². The molecule has 3 rings (SSSR count). The number of hydrogen-bond donors (Lipinski definition) is 1. The zero-order chi connectivity index (χ0) is 16.9. The normalized spacial score (nSPS) is 12.5. The summed E-state index contributed by atoms with van der Waals surface area (Å²) >= 11 is 0. The molecule has 0 unspecified atom stereocenters. The van der Waals surface area contributed by atoms with Crippen LogP contribution in [0.2, 0.25) is 0 Å². The fraction of sp³-hybridized carbons (Fsp3) is 0.263. The van der Waals surface area contributed by atoms with Crippen LogP contribution in [-0.4, -0.2) is 24.9 Å². The minimum atomic E-state index is -0.178. The molecule has 1 aliphatic rings. The van der Waals surface area contributed by atoms with Crippen LogP contribution < -0.4 is 14.8 Å². The summed E-state index contributed by atoms with van der Waals surface area (Å²) in [4.78, 5) is 24.5. The fourth-order valence-corrected chi connectivity index (χ4v) is 2.59. The maximum atomic E-state index is 12.3. The molecule has 0 aliphatic carbocycles. The van der Waals surface area contributed by atoms with Gasteiger partial charge in [0.25, 0.3) is 0 Å². The molecule has 124 valence electrons. The molecule has 0 fully saturated rings. The van der Waals surface area contributed by atoms with Gasteiger partial charge in [-0.05, 0) is 11.6 Å². The second-order valence-corrected chi connectivity index (χ2v) is 5.53. The van der Waals surface area contributed by atoms with Crippen molar-refractivity contribution in [2.45, 2.75) is 19.8 Å². The van der Waals surface area contributed by atoms with Gasteiger partial charge in [0, 0.05) is 18.1 Å². The van der Waals surface area contributed by atoms with E-state index in [1.54, 1.807) is 19.1 Å². The molecular weight excluding hydrogens is 306 g/mol. The van der Waals surface area contributed by atoms with Gasteiger partial charge in [-0.15, -0.1) is 0 Å². The zero-order valence-corrected chi connectivity index (χ0v) is 13.5. The lowest BCUT2D eigenvalue weighted by Crippen LogP contribution is -2.19. The van der Waals surface area contributed by atoms with E-state index in [4.69, 9.17) is 9.47 Å². The number of hydrogen-bond acceptors (Lipinski definition) is 4. The molecular formula is C19H19NO4.